The Balaban J connectivity index is 1.93. The molecule has 10 nitrogen and oxygen atoms in total. The minimum absolute atomic E-state index is 0.00618. The zero-order valence-corrected chi connectivity index (χ0v) is 17.0. The highest BCUT2D eigenvalue weighted by Gasteiger charge is 2.57. The van der Waals surface area contributed by atoms with Gasteiger partial charge in [0, 0.05) is 11.6 Å². The van der Waals surface area contributed by atoms with Crippen molar-refractivity contribution in [1.29, 1.82) is 10.8 Å². The Kier molecular flexibility index (Phi) is 7.07. The van der Waals surface area contributed by atoms with Crippen LogP contribution in [0.2, 0.25) is 0 Å². The van der Waals surface area contributed by atoms with Crippen molar-refractivity contribution in [3.8, 4) is 17.6 Å². The number of rotatable bonds is 9. The summed E-state index contributed by atoms with van der Waals surface area (Å²) in [4.78, 5) is 11.0. The second-order valence-corrected chi connectivity index (χ2v) is 6.62. The van der Waals surface area contributed by atoms with Crippen LogP contribution in [0.25, 0.3) is 0 Å². The molecule has 0 aliphatic carbocycles. The van der Waals surface area contributed by atoms with Crippen LogP contribution in [0.4, 0.5) is 17.6 Å². The number of nitriles is 1. The van der Waals surface area contributed by atoms with E-state index in [2.05, 4.69) is 30.6 Å². The number of alkyl halides is 2. The SMILES string of the molecule is N#Cc1ncc(Oc2ccc(C(F)(F)C(O)(CN/C=N\N=N)c3ccc(F)cc3F)nc2)cn1. The van der Waals surface area contributed by atoms with Gasteiger partial charge in [0.2, 0.25) is 5.82 Å². The van der Waals surface area contributed by atoms with Crippen LogP contribution in [0, 0.1) is 28.5 Å². The fourth-order valence-electron chi connectivity index (χ4n) is 2.86. The van der Waals surface area contributed by atoms with Crippen molar-refractivity contribution in [2.24, 2.45) is 10.3 Å². The summed E-state index contributed by atoms with van der Waals surface area (Å²) in [6.45, 7) is -0.996. The molecule has 0 radical (unpaired) electrons. The lowest BCUT2D eigenvalue weighted by molar-refractivity contribution is -0.195. The van der Waals surface area contributed by atoms with Gasteiger partial charge in [-0.15, -0.1) is 5.10 Å². The number of benzene rings is 1. The Hall–Kier alpha value is -4.51. The Morgan fingerprint density at radius 3 is 2.41 bits per heavy atom. The van der Waals surface area contributed by atoms with E-state index < -0.39 is 41.0 Å². The van der Waals surface area contributed by atoms with E-state index in [0.717, 1.165) is 30.7 Å². The summed E-state index contributed by atoms with van der Waals surface area (Å²) in [5.41, 5.74) is 1.46. The molecule has 1 aromatic carbocycles. The molecule has 3 N–H and O–H groups in total. The van der Waals surface area contributed by atoms with Gasteiger partial charge < -0.3 is 15.2 Å². The van der Waals surface area contributed by atoms with Gasteiger partial charge in [-0.2, -0.15) is 19.6 Å². The number of hydrogen-bond donors (Lipinski definition) is 3. The van der Waals surface area contributed by atoms with E-state index in [4.69, 9.17) is 15.5 Å². The lowest BCUT2D eigenvalue weighted by atomic mass is 9.84. The zero-order chi connectivity index (χ0) is 24.8. The minimum Gasteiger partial charge on any atom is -0.452 e. The molecular formula is C20H14F4N8O2. The van der Waals surface area contributed by atoms with Crippen LogP contribution in [0.1, 0.15) is 17.1 Å². The van der Waals surface area contributed by atoms with Crippen molar-refractivity contribution in [1.82, 2.24) is 20.3 Å². The molecule has 174 valence electrons. The third-order valence-electron chi connectivity index (χ3n) is 4.48. The van der Waals surface area contributed by atoms with Gasteiger partial charge in [-0.25, -0.2) is 18.7 Å². The van der Waals surface area contributed by atoms with Crippen molar-refractivity contribution in [3.05, 3.63) is 77.6 Å². The molecule has 3 rings (SSSR count). The second-order valence-electron chi connectivity index (χ2n) is 6.62. The number of nitrogens with one attached hydrogen (secondary N) is 2. The molecule has 1 atom stereocenters. The molecule has 2 aromatic heterocycles. The lowest BCUT2D eigenvalue weighted by Gasteiger charge is -2.36. The number of nitrogens with zero attached hydrogens (tertiary/aromatic N) is 6. The maximum Gasteiger partial charge on any atom is 0.323 e. The highest BCUT2D eigenvalue weighted by molar-refractivity contribution is 5.54. The van der Waals surface area contributed by atoms with Crippen LogP contribution in [-0.2, 0) is 11.5 Å². The summed E-state index contributed by atoms with van der Waals surface area (Å²) >= 11 is 0. The number of aromatic nitrogens is 3. The van der Waals surface area contributed by atoms with Crippen molar-refractivity contribution in [3.63, 3.8) is 0 Å². The smallest absolute Gasteiger partial charge is 0.323 e. The van der Waals surface area contributed by atoms with Crippen LogP contribution in [0.5, 0.6) is 11.5 Å². The van der Waals surface area contributed by atoms with Crippen LogP contribution in [-0.4, -0.2) is 32.9 Å². The van der Waals surface area contributed by atoms with E-state index in [1.165, 1.54) is 12.4 Å². The van der Waals surface area contributed by atoms with Crippen LogP contribution in [0.15, 0.2) is 59.2 Å². The molecule has 0 fully saturated rings. The third kappa shape index (κ3) is 4.94. The summed E-state index contributed by atoms with van der Waals surface area (Å²) in [6.07, 6.45) is 4.07. The van der Waals surface area contributed by atoms with E-state index >= 15 is 8.78 Å². The molecule has 0 bridgehead atoms. The van der Waals surface area contributed by atoms with Gasteiger partial charge in [0.1, 0.15) is 35.5 Å². The monoisotopic (exact) mass is 474 g/mol. The van der Waals surface area contributed by atoms with E-state index in [1.54, 1.807) is 6.07 Å². The van der Waals surface area contributed by atoms with Gasteiger partial charge in [0.15, 0.2) is 11.4 Å². The first-order valence-corrected chi connectivity index (χ1v) is 9.25. The Bertz CT molecular complexity index is 1230. The first-order chi connectivity index (χ1) is 16.2. The van der Waals surface area contributed by atoms with E-state index in [-0.39, 0.29) is 17.3 Å². The summed E-state index contributed by atoms with van der Waals surface area (Å²) in [5, 5.41) is 27.6. The fraction of sp³-hybridized carbons (Fsp3) is 0.150. The molecule has 0 saturated carbocycles. The molecule has 0 spiro atoms. The quantitative estimate of drug-likeness (QED) is 0.141. The lowest BCUT2D eigenvalue weighted by Crippen LogP contribution is -2.51. The molecule has 0 saturated heterocycles. The predicted molar refractivity (Wildman–Crippen MR) is 107 cm³/mol. The topological polar surface area (TPSA) is 153 Å². The van der Waals surface area contributed by atoms with Gasteiger partial charge in [-0.1, -0.05) is 5.22 Å². The number of pyridine rings is 1. The molecule has 14 heteroatoms. The Morgan fingerprint density at radius 1 is 1.12 bits per heavy atom. The number of ether oxygens (including phenoxy) is 1. The maximum absolute atomic E-state index is 15.5. The summed E-state index contributed by atoms with van der Waals surface area (Å²) in [5.74, 6) is -6.63. The third-order valence-corrected chi connectivity index (χ3v) is 4.48. The molecule has 3 aromatic rings. The van der Waals surface area contributed by atoms with Gasteiger partial charge in [0.25, 0.3) is 0 Å². The highest BCUT2D eigenvalue weighted by Crippen LogP contribution is 2.45. The molecule has 34 heavy (non-hydrogen) atoms. The molecule has 0 aliphatic rings. The minimum atomic E-state index is -4.21. The van der Waals surface area contributed by atoms with Crippen molar-refractivity contribution in [2.45, 2.75) is 11.5 Å². The second kappa shape index (κ2) is 9.96. The average Bonchev–Trinajstić information content (AvgIpc) is 2.82. The van der Waals surface area contributed by atoms with E-state index in [9.17, 15) is 13.9 Å². The predicted octanol–water partition coefficient (Wildman–Crippen LogP) is 3.36. The van der Waals surface area contributed by atoms with Gasteiger partial charge in [-0.3, -0.25) is 4.98 Å². The summed E-state index contributed by atoms with van der Waals surface area (Å²) in [6, 6.07) is 5.45. The Labute approximate surface area is 189 Å². The van der Waals surface area contributed by atoms with Gasteiger partial charge >= 0.3 is 5.92 Å². The summed E-state index contributed by atoms with van der Waals surface area (Å²) < 4.78 is 64.2. The van der Waals surface area contributed by atoms with Crippen molar-refractivity contribution < 1.29 is 27.4 Å². The van der Waals surface area contributed by atoms with Crippen molar-refractivity contribution in [2.75, 3.05) is 6.54 Å². The molecule has 2 heterocycles. The zero-order valence-electron chi connectivity index (χ0n) is 17.0. The first kappa shape index (κ1) is 24.1. The van der Waals surface area contributed by atoms with E-state index in [1.807, 2.05) is 0 Å². The number of halogens is 4. The van der Waals surface area contributed by atoms with Gasteiger partial charge in [0.05, 0.1) is 25.1 Å². The molecule has 1 unspecified atom stereocenters. The standard InChI is InChI=1S/C20H14F4N8O2/c21-12-1-3-15(16(22)5-12)19(33,10-27-11-31-32-26)20(23,24)17-4-2-13(7-28-17)34-14-8-29-18(6-25)30-9-14/h1-5,7-9,11,33H,10H2,(H2,26,27,31). The van der Waals surface area contributed by atoms with Gasteiger partial charge in [-0.05, 0) is 24.3 Å². The van der Waals surface area contributed by atoms with Crippen molar-refractivity contribution >= 4 is 6.34 Å². The Morgan fingerprint density at radius 2 is 1.82 bits per heavy atom. The maximum atomic E-state index is 15.5. The normalized spacial score (nSPS) is 13.2. The largest absolute Gasteiger partial charge is 0.452 e. The number of aliphatic hydroxyl groups is 1. The summed E-state index contributed by atoms with van der Waals surface area (Å²) in [7, 11) is 0. The highest BCUT2D eigenvalue weighted by atomic mass is 19.3. The van der Waals surface area contributed by atoms with Crippen LogP contribution in [0.3, 0.4) is 0 Å². The first-order valence-electron chi connectivity index (χ1n) is 9.25. The number of hydrogen-bond acceptors (Lipinski definition) is 8. The van der Waals surface area contributed by atoms with Crippen LogP contribution >= 0.6 is 0 Å². The fourth-order valence-corrected chi connectivity index (χ4v) is 2.86. The van der Waals surface area contributed by atoms with Crippen LogP contribution < -0.4 is 10.1 Å². The molecular weight excluding hydrogens is 460 g/mol. The van der Waals surface area contributed by atoms with E-state index in [0.29, 0.717) is 12.1 Å². The average molecular weight is 474 g/mol. The molecule has 0 aliphatic heterocycles. The molecule has 0 amide bonds.